The fraction of sp³-hybridized carbons (Fsp3) is 0.500. The van der Waals surface area contributed by atoms with Gasteiger partial charge in [-0.3, -0.25) is 4.79 Å². The Labute approximate surface area is 146 Å². The topological polar surface area (TPSA) is 103 Å². The van der Waals surface area contributed by atoms with E-state index in [2.05, 4.69) is 10.6 Å². The van der Waals surface area contributed by atoms with Crippen LogP contribution in [-0.2, 0) is 11.2 Å². The number of nitrogens with two attached hydrogens (primary N) is 1. The summed E-state index contributed by atoms with van der Waals surface area (Å²) < 4.78 is 10.4. The minimum Gasteiger partial charge on any atom is -0.493 e. The average Bonchev–Trinajstić information content (AvgIpc) is 2.57. The van der Waals surface area contributed by atoms with Crippen molar-refractivity contribution in [3.05, 3.63) is 23.8 Å². The fourth-order valence-corrected chi connectivity index (χ4v) is 2.64. The van der Waals surface area contributed by atoms with Gasteiger partial charge in [0.2, 0.25) is 5.91 Å². The van der Waals surface area contributed by atoms with Gasteiger partial charge in [0.15, 0.2) is 11.5 Å². The standard InChI is InChI=1S/C16H25N3O4S/c1-22-13-5-4-11(10-14(13)23-2)6-8-18-15(20)12(7-9-24-3)19-16(17)21/h4-5,10,12H,6-9H2,1-3H3,(H,18,20)(H3,17,19,21)/t12-/m1/s1. The number of hydrogen-bond acceptors (Lipinski definition) is 5. The number of thioether (sulfide) groups is 1. The summed E-state index contributed by atoms with van der Waals surface area (Å²) in [5, 5.41) is 5.29. The van der Waals surface area contributed by atoms with Crippen LogP contribution in [0, 0.1) is 0 Å². The number of carbonyl (C=O) groups is 2. The Morgan fingerprint density at radius 1 is 1.25 bits per heavy atom. The van der Waals surface area contributed by atoms with Crippen LogP contribution in [0.1, 0.15) is 12.0 Å². The molecule has 0 heterocycles. The molecule has 0 unspecified atom stereocenters. The first-order valence-corrected chi connectivity index (χ1v) is 8.94. The van der Waals surface area contributed by atoms with E-state index in [0.717, 1.165) is 11.3 Å². The summed E-state index contributed by atoms with van der Waals surface area (Å²) in [6.45, 7) is 0.449. The fourth-order valence-electron chi connectivity index (χ4n) is 2.17. The van der Waals surface area contributed by atoms with Crippen LogP contribution in [0.2, 0.25) is 0 Å². The summed E-state index contributed by atoms with van der Waals surface area (Å²) in [5.41, 5.74) is 6.13. The van der Waals surface area contributed by atoms with Crippen molar-refractivity contribution in [2.45, 2.75) is 18.9 Å². The molecule has 0 aliphatic carbocycles. The van der Waals surface area contributed by atoms with Gasteiger partial charge in [0.1, 0.15) is 6.04 Å². The lowest BCUT2D eigenvalue weighted by Crippen LogP contribution is -2.49. The first-order chi connectivity index (χ1) is 11.5. The van der Waals surface area contributed by atoms with Crippen molar-refractivity contribution in [3.63, 3.8) is 0 Å². The van der Waals surface area contributed by atoms with E-state index in [0.29, 0.717) is 30.9 Å². The molecule has 24 heavy (non-hydrogen) atoms. The molecule has 0 aliphatic heterocycles. The lowest BCUT2D eigenvalue weighted by molar-refractivity contribution is -0.122. The van der Waals surface area contributed by atoms with Gasteiger partial charge in [0, 0.05) is 6.54 Å². The quantitative estimate of drug-likeness (QED) is 0.584. The molecule has 4 N–H and O–H groups in total. The highest BCUT2D eigenvalue weighted by molar-refractivity contribution is 7.98. The van der Waals surface area contributed by atoms with Crippen molar-refractivity contribution in [3.8, 4) is 11.5 Å². The molecular weight excluding hydrogens is 330 g/mol. The first-order valence-electron chi connectivity index (χ1n) is 7.55. The maximum atomic E-state index is 12.2. The Hall–Kier alpha value is -2.09. The predicted octanol–water partition coefficient (Wildman–Crippen LogP) is 1.15. The van der Waals surface area contributed by atoms with Gasteiger partial charge >= 0.3 is 6.03 Å². The Kier molecular flexibility index (Phi) is 8.85. The van der Waals surface area contributed by atoms with Crippen molar-refractivity contribution in [1.29, 1.82) is 0 Å². The van der Waals surface area contributed by atoms with E-state index < -0.39 is 12.1 Å². The second-order valence-corrected chi connectivity index (χ2v) is 6.06. The second-order valence-electron chi connectivity index (χ2n) is 5.07. The zero-order valence-electron chi connectivity index (χ0n) is 14.3. The molecule has 7 nitrogen and oxygen atoms in total. The number of rotatable bonds is 10. The van der Waals surface area contributed by atoms with Gasteiger partial charge in [-0.15, -0.1) is 0 Å². The molecule has 0 fully saturated rings. The summed E-state index contributed by atoms with van der Waals surface area (Å²) in [5.74, 6) is 1.83. The van der Waals surface area contributed by atoms with Gasteiger partial charge in [0.05, 0.1) is 14.2 Å². The molecule has 3 amide bonds. The van der Waals surface area contributed by atoms with E-state index in [4.69, 9.17) is 15.2 Å². The lowest BCUT2D eigenvalue weighted by Gasteiger charge is -2.17. The molecule has 1 aromatic rings. The van der Waals surface area contributed by atoms with Gasteiger partial charge in [-0.05, 0) is 42.5 Å². The van der Waals surface area contributed by atoms with E-state index in [1.807, 2.05) is 24.5 Å². The first kappa shape index (κ1) is 20.0. The number of benzene rings is 1. The van der Waals surface area contributed by atoms with Crippen LogP contribution in [0.4, 0.5) is 4.79 Å². The Morgan fingerprint density at radius 3 is 2.54 bits per heavy atom. The maximum Gasteiger partial charge on any atom is 0.312 e. The number of amides is 3. The smallest absolute Gasteiger partial charge is 0.312 e. The van der Waals surface area contributed by atoms with Crippen LogP contribution in [0.25, 0.3) is 0 Å². The number of methoxy groups -OCH3 is 2. The molecule has 0 spiro atoms. The molecule has 1 rings (SSSR count). The van der Waals surface area contributed by atoms with Crippen molar-refractivity contribution in [2.24, 2.45) is 5.73 Å². The van der Waals surface area contributed by atoms with E-state index in [1.165, 1.54) is 0 Å². The molecule has 0 bridgehead atoms. The number of nitrogens with one attached hydrogen (secondary N) is 2. The SMILES string of the molecule is COc1ccc(CCNC(=O)[C@@H](CCSC)NC(N)=O)cc1OC. The molecule has 134 valence electrons. The lowest BCUT2D eigenvalue weighted by atomic mass is 10.1. The second kappa shape index (κ2) is 10.6. The normalized spacial score (nSPS) is 11.5. The zero-order valence-corrected chi connectivity index (χ0v) is 15.1. The van der Waals surface area contributed by atoms with Crippen molar-refractivity contribution in [1.82, 2.24) is 10.6 Å². The monoisotopic (exact) mass is 355 g/mol. The Balaban J connectivity index is 2.55. The van der Waals surface area contributed by atoms with Gasteiger partial charge in [-0.1, -0.05) is 6.07 Å². The van der Waals surface area contributed by atoms with Crippen LogP contribution in [0.15, 0.2) is 18.2 Å². The maximum absolute atomic E-state index is 12.2. The zero-order chi connectivity index (χ0) is 17.9. The summed E-state index contributed by atoms with van der Waals surface area (Å²) >= 11 is 1.60. The molecule has 1 atom stereocenters. The molecule has 0 aromatic heterocycles. The van der Waals surface area contributed by atoms with Crippen LogP contribution in [0.5, 0.6) is 11.5 Å². The summed E-state index contributed by atoms with van der Waals surface area (Å²) in [4.78, 5) is 23.2. The molecule has 0 saturated carbocycles. The molecule has 0 radical (unpaired) electrons. The highest BCUT2D eigenvalue weighted by Gasteiger charge is 2.18. The average molecular weight is 355 g/mol. The minimum atomic E-state index is -0.698. The Bertz CT molecular complexity index is 554. The van der Waals surface area contributed by atoms with Crippen LogP contribution < -0.4 is 25.8 Å². The third kappa shape index (κ3) is 6.57. The number of hydrogen-bond donors (Lipinski definition) is 3. The number of primary amides is 1. The van der Waals surface area contributed by atoms with E-state index >= 15 is 0 Å². The molecule has 8 heteroatoms. The molecule has 1 aromatic carbocycles. The summed E-state index contributed by atoms with van der Waals surface area (Å²) in [6.07, 6.45) is 3.11. The third-order valence-corrected chi connectivity index (χ3v) is 4.05. The predicted molar refractivity (Wildman–Crippen MR) is 95.8 cm³/mol. The number of carbonyl (C=O) groups excluding carboxylic acids is 2. The van der Waals surface area contributed by atoms with Crippen molar-refractivity contribution in [2.75, 3.05) is 32.8 Å². The van der Waals surface area contributed by atoms with Gasteiger partial charge < -0.3 is 25.8 Å². The third-order valence-electron chi connectivity index (χ3n) is 3.40. The highest BCUT2D eigenvalue weighted by atomic mass is 32.2. The van der Waals surface area contributed by atoms with E-state index in [1.54, 1.807) is 26.0 Å². The van der Waals surface area contributed by atoms with Crippen LogP contribution in [-0.4, -0.2) is 50.8 Å². The van der Waals surface area contributed by atoms with Gasteiger partial charge in [-0.2, -0.15) is 11.8 Å². The minimum absolute atomic E-state index is 0.233. The van der Waals surface area contributed by atoms with E-state index in [-0.39, 0.29) is 5.91 Å². The summed E-state index contributed by atoms with van der Waals surface area (Å²) in [7, 11) is 3.16. The number of ether oxygens (including phenoxy) is 2. The van der Waals surface area contributed by atoms with Crippen LogP contribution in [0.3, 0.4) is 0 Å². The highest BCUT2D eigenvalue weighted by Crippen LogP contribution is 2.27. The van der Waals surface area contributed by atoms with Crippen molar-refractivity contribution >= 4 is 23.7 Å². The van der Waals surface area contributed by atoms with E-state index in [9.17, 15) is 9.59 Å². The van der Waals surface area contributed by atoms with Crippen molar-refractivity contribution < 1.29 is 19.1 Å². The van der Waals surface area contributed by atoms with Crippen LogP contribution >= 0.6 is 11.8 Å². The number of urea groups is 1. The molecule has 0 aliphatic rings. The largest absolute Gasteiger partial charge is 0.493 e. The van der Waals surface area contributed by atoms with Gasteiger partial charge in [-0.25, -0.2) is 4.79 Å². The van der Waals surface area contributed by atoms with Gasteiger partial charge in [0.25, 0.3) is 0 Å². The molecular formula is C16H25N3O4S. The summed E-state index contributed by atoms with van der Waals surface area (Å²) in [6, 6.07) is 4.31. The molecule has 0 saturated heterocycles. The Morgan fingerprint density at radius 2 is 1.96 bits per heavy atom.